The van der Waals surface area contributed by atoms with Gasteiger partial charge in [0.1, 0.15) is 0 Å². The fourth-order valence-corrected chi connectivity index (χ4v) is 2.70. The van der Waals surface area contributed by atoms with Gasteiger partial charge in [0.15, 0.2) is 0 Å². The van der Waals surface area contributed by atoms with Crippen molar-refractivity contribution >= 4 is 5.69 Å². The van der Waals surface area contributed by atoms with Crippen molar-refractivity contribution in [2.45, 2.75) is 31.8 Å². The SMILES string of the molecule is CC(CNc1ccccc1)N(C)CC1CCCN1C. The van der Waals surface area contributed by atoms with Crippen LogP contribution in [-0.2, 0) is 0 Å². The molecule has 106 valence electrons. The van der Waals surface area contributed by atoms with Crippen LogP contribution in [0.4, 0.5) is 5.69 Å². The number of hydrogen-bond acceptors (Lipinski definition) is 3. The van der Waals surface area contributed by atoms with Gasteiger partial charge in [0.25, 0.3) is 0 Å². The van der Waals surface area contributed by atoms with Crippen molar-refractivity contribution in [1.82, 2.24) is 9.80 Å². The lowest BCUT2D eigenvalue weighted by atomic mass is 10.2. The highest BCUT2D eigenvalue weighted by Gasteiger charge is 2.23. The van der Waals surface area contributed by atoms with Crippen LogP contribution in [-0.4, -0.2) is 55.6 Å². The summed E-state index contributed by atoms with van der Waals surface area (Å²) in [5.74, 6) is 0. The Hall–Kier alpha value is -1.06. The van der Waals surface area contributed by atoms with Crippen LogP contribution in [0, 0.1) is 0 Å². The molecule has 1 heterocycles. The Labute approximate surface area is 117 Å². The van der Waals surface area contributed by atoms with E-state index in [1.165, 1.54) is 31.6 Å². The molecular weight excluding hydrogens is 234 g/mol. The van der Waals surface area contributed by atoms with Gasteiger partial charge < -0.3 is 15.1 Å². The van der Waals surface area contributed by atoms with Crippen LogP contribution in [0.5, 0.6) is 0 Å². The van der Waals surface area contributed by atoms with Crippen molar-refractivity contribution in [3.05, 3.63) is 30.3 Å². The zero-order chi connectivity index (χ0) is 13.7. The van der Waals surface area contributed by atoms with E-state index in [1.54, 1.807) is 0 Å². The third-order valence-electron chi connectivity index (χ3n) is 4.30. The van der Waals surface area contributed by atoms with Gasteiger partial charge in [-0.3, -0.25) is 0 Å². The van der Waals surface area contributed by atoms with E-state index in [9.17, 15) is 0 Å². The molecule has 2 unspecified atom stereocenters. The molecule has 1 aliphatic rings. The molecule has 1 aromatic rings. The minimum absolute atomic E-state index is 0.550. The van der Waals surface area contributed by atoms with Crippen LogP contribution in [0.25, 0.3) is 0 Å². The Morgan fingerprint density at radius 3 is 2.74 bits per heavy atom. The van der Waals surface area contributed by atoms with E-state index in [4.69, 9.17) is 0 Å². The molecule has 19 heavy (non-hydrogen) atoms. The van der Waals surface area contributed by atoms with E-state index >= 15 is 0 Å². The van der Waals surface area contributed by atoms with Gasteiger partial charge >= 0.3 is 0 Å². The van der Waals surface area contributed by atoms with Gasteiger partial charge in [0.2, 0.25) is 0 Å². The lowest BCUT2D eigenvalue weighted by Crippen LogP contribution is -2.43. The lowest BCUT2D eigenvalue weighted by Gasteiger charge is -2.30. The minimum Gasteiger partial charge on any atom is -0.383 e. The minimum atomic E-state index is 0.550. The van der Waals surface area contributed by atoms with Gasteiger partial charge in [-0.15, -0.1) is 0 Å². The summed E-state index contributed by atoms with van der Waals surface area (Å²) in [7, 11) is 4.49. The molecule has 0 radical (unpaired) electrons. The maximum atomic E-state index is 3.51. The maximum absolute atomic E-state index is 3.51. The molecule has 3 nitrogen and oxygen atoms in total. The molecule has 0 spiro atoms. The Morgan fingerprint density at radius 2 is 2.11 bits per heavy atom. The van der Waals surface area contributed by atoms with Gasteiger partial charge in [0.05, 0.1) is 0 Å². The molecule has 1 N–H and O–H groups in total. The first-order chi connectivity index (χ1) is 9.16. The van der Waals surface area contributed by atoms with Crippen LogP contribution in [0.2, 0.25) is 0 Å². The Kier molecular flexibility index (Phi) is 5.23. The summed E-state index contributed by atoms with van der Waals surface area (Å²) in [5, 5.41) is 3.51. The van der Waals surface area contributed by atoms with Crippen molar-refractivity contribution in [2.75, 3.05) is 39.0 Å². The smallest absolute Gasteiger partial charge is 0.0340 e. The summed E-state index contributed by atoms with van der Waals surface area (Å²) in [6.45, 7) is 5.73. The van der Waals surface area contributed by atoms with Crippen molar-refractivity contribution in [1.29, 1.82) is 0 Å². The van der Waals surface area contributed by atoms with Gasteiger partial charge in [-0.25, -0.2) is 0 Å². The predicted molar refractivity (Wildman–Crippen MR) is 82.7 cm³/mol. The van der Waals surface area contributed by atoms with Crippen molar-refractivity contribution in [2.24, 2.45) is 0 Å². The number of rotatable bonds is 6. The third-order valence-corrected chi connectivity index (χ3v) is 4.30. The van der Waals surface area contributed by atoms with E-state index in [0.29, 0.717) is 6.04 Å². The molecule has 2 atom stereocenters. The summed E-state index contributed by atoms with van der Waals surface area (Å²) in [4.78, 5) is 4.97. The zero-order valence-electron chi connectivity index (χ0n) is 12.5. The van der Waals surface area contributed by atoms with Crippen LogP contribution in [0.1, 0.15) is 19.8 Å². The highest BCUT2D eigenvalue weighted by atomic mass is 15.2. The lowest BCUT2D eigenvalue weighted by molar-refractivity contribution is 0.189. The molecular formula is C16H27N3. The summed E-state index contributed by atoms with van der Waals surface area (Å²) in [5.41, 5.74) is 1.21. The quantitative estimate of drug-likeness (QED) is 0.849. The molecule has 0 saturated carbocycles. The number of nitrogens with zero attached hydrogens (tertiary/aromatic N) is 2. The molecule has 1 saturated heterocycles. The average molecular weight is 261 g/mol. The second-order valence-corrected chi connectivity index (χ2v) is 5.81. The van der Waals surface area contributed by atoms with Crippen LogP contribution < -0.4 is 5.32 Å². The van der Waals surface area contributed by atoms with E-state index in [-0.39, 0.29) is 0 Å². The van der Waals surface area contributed by atoms with Gasteiger partial charge in [0, 0.05) is 30.9 Å². The summed E-state index contributed by atoms with van der Waals surface area (Å²) in [6.07, 6.45) is 2.70. The van der Waals surface area contributed by atoms with E-state index in [2.05, 4.69) is 66.5 Å². The third kappa shape index (κ3) is 4.22. The number of hydrogen-bond donors (Lipinski definition) is 1. The van der Waals surface area contributed by atoms with Crippen molar-refractivity contribution < 1.29 is 0 Å². The topological polar surface area (TPSA) is 18.5 Å². The monoisotopic (exact) mass is 261 g/mol. The first kappa shape index (κ1) is 14.4. The van der Waals surface area contributed by atoms with Gasteiger partial charge in [-0.05, 0) is 52.5 Å². The molecule has 3 heteroatoms. The molecule has 0 amide bonds. The maximum Gasteiger partial charge on any atom is 0.0340 e. The Morgan fingerprint density at radius 1 is 1.37 bits per heavy atom. The molecule has 1 aliphatic heterocycles. The summed E-state index contributed by atoms with van der Waals surface area (Å²) < 4.78 is 0. The molecule has 0 bridgehead atoms. The number of benzene rings is 1. The molecule has 1 aromatic carbocycles. The first-order valence-corrected chi connectivity index (χ1v) is 7.36. The summed E-state index contributed by atoms with van der Waals surface area (Å²) >= 11 is 0. The normalized spacial score (nSPS) is 21.8. The fraction of sp³-hybridized carbons (Fsp3) is 0.625. The average Bonchev–Trinajstić information content (AvgIpc) is 2.82. The van der Waals surface area contributed by atoms with E-state index in [0.717, 1.165) is 12.6 Å². The standard InChI is InChI=1S/C16H27N3/c1-14(12-17-15-8-5-4-6-9-15)19(3)13-16-10-7-11-18(16)2/h4-6,8-9,14,16-17H,7,10-13H2,1-3H3. The number of anilines is 1. The molecule has 1 fully saturated rings. The second kappa shape index (κ2) is 6.92. The largest absolute Gasteiger partial charge is 0.383 e. The van der Waals surface area contributed by atoms with Crippen LogP contribution in [0.15, 0.2) is 30.3 Å². The Bertz CT molecular complexity index is 366. The predicted octanol–water partition coefficient (Wildman–Crippen LogP) is 2.51. The van der Waals surface area contributed by atoms with Crippen molar-refractivity contribution in [3.63, 3.8) is 0 Å². The zero-order valence-corrected chi connectivity index (χ0v) is 12.5. The highest BCUT2D eigenvalue weighted by molar-refractivity contribution is 5.42. The van der Waals surface area contributed by atoms with Gasteiger partial charge in [-0.1, -0.05) is 18.2 Å². The number of para-hydroxylation sites is 1. The summed E-state index contributed by atoms with van der Waals surface area (Å²) in [6, 6.07) is 11.7. The molecule has 0 aliphatic carbocycles. The van der Waals surface area contributed by atoms with E-state index < -0.39 is 0 Å². The van der Waals surface area contributed by atoms with Crippen LogP contribution in [0.3, 0.4) is 0 Å². The van der Waals surface area contributed by atoms with Crippen LogP contribution >= 0.6 is 0 Å². The van der Waals surface area contributed by atoms with Gasteiger partial charge in [-0.2, -0.15) is 0 Å². The molecule has 2 rings (SSSR count). The second-order valence-electron chi connectivity index (χ2n) is 5.81. The first-order valence-electron chi connectivity index (χ1n) is 7.36. The number of likely N-dealkylation sites (N-methyl/N-ethyl adjacent to an activating group) is 2. The number of likely N-dealkylation sites (tertiary alicyclic amines) is 1. The Balaban J connectivity index is 1.74. The van der Waals surface area contributed by atoms with E-state index in [1.807, 2.05) is 0 Å². The molecule has 0 aromatic heterocycles. The number of nitrogens with one attached hydrogen (secondary N) is 1. The highest BCUT2D eigenvalue weighted by Crippen LogP contribution is 2.16. The van der Waals surface area contributed by atoms with Crippen molar-refractivity contribution in [3.8, 4) is 0 Å². The fourth-order valence-electron chi connectivity index (χ4n) is 2.70.